The van der Waals surface area contributed by atoms with E-state index in [0.29, 0.717) is 65.7 Å². The number of aryl methyl sites for hydroxylation is 3. The minimum Gasteiger partial charge on any atom is -1.00 e. The van der Waals surface area contributed by atoms with Gasteiger partial charge in [-0.3, -0.25) is 29.0 Å². The maximum Gasteiger partial charge on any atom is 0.417 e. The van der Waals surface area contributed by atoms with Gasteiger partial charge in [0.15, 0.2) is 18.2 Å². The fourth-order valence-corrected chi connectivity index (χ4v) is 14.7. The van der Waals surface area contributed by atoms with Crippen LogP contribution in [0.3, 0.4) is 0 Å². The molecule has 0 aliphatic rings. The number of carboxylic acids is 3. The Morgan fingerprint density at radius 3 is 1.15 bits per heavy atom. The second-order valence-electron chi connectivity index (χ2n) is 26.7. The summed E-state index contributed by atoms with van der Waals surface area (Å²) in [7, 11) is 0. The van der Waals surface area contributed by atoms with E-state index in [2.05, 4.69) is 36.8 Å². The van der Waals surface area contributed by atoms with Crippen molar-refractivity contribution in [3.8, 4) is 0 Å². The normalized spacial score (nSPS) is 10.5. The maximum atomic E-state index is 13.3. The number of carbonyl (C=O) groups is 12. The van der Waals surface area contributed by atoms with Crippen LogP contribution in [-0.4, -0.2) is 136 Å². The highest BCUT2D eigenvalue weighted by Crippen LogP contribution is 2.38. The van der Waals surface area contributed by atoms with Crippen LogP contribution in [0.25, 0.3) is 16.6 Å². The number of aromatic carboxylic acids is 3. The number of nitrogens with zero attached hydrogens (tertiary/aromatic N) is 5. The summed E-state index contributed by atoms with van der Waals surface area (Å²) >= 11 is 36.2. The summed E-state index contributed by atoms with van der Waals surface area (Å²) in [6.45, 7) is 12.7. The molecule has 24 nitrogen and oxygen atoms in total. The van der Waals surface area contributed by atoms with Crippen molar-refractivity contribution in [1.29, 1.82) is 0 Å². The van der Waals surface area contributed by atoms with Gasteiger partial charge in [-0.2, -0.15) is 30.9 Å². The van der Waals surface area contributed by atoms with Gasteiger partial charge in [-0.15, -0.1) is 0 Å². The number of halogens is 14. The zero-order valence-corrected chi connectivity index (χ0v) is 76.9. The van der Waals surface area contributed by atoms with Crippen molar-refractivity contribution in [1.82, 2.24) is 18.2 Å². The number of benzene rings is 5. The van der Waals surface area contributed by atoms with Crippen LogP contribution in [0, 0.1) is 20.8 Å². The van der Waals surface area contributed by atoms with Gasteiger partial charge in [-0.1, -0.05) is 145 Å². The standard InChI is InChI=1S/C22H20ClNO5.C18H12ClNO5.C17H11BrClNO3.C17H14ClF3NO3.C9H5BrClF3O.C8H9NO2.3CH4.BrH/c1-4-28-21(26)14-9-10-17-15(22(27)29-5-2)11-18(24(17)12-14)20(25)19-13(3)7-6-8-16(19)23;1-9-3-2-4-12(19)15(9)16(21)14-7-11(18(24)25)13-6-5-10(17(22)23)8-20(13)14;1-9-3-2-4-12(19)15(9)16(21)14-7-11(18)13-6-5-10(17(22)23)8-20(13)14;1-2-25-16(24)11-5-4-8-22(9-11)10-14(23)15-12(17(19,20)21)6-3-7-13(15)18;10-4-7(15)8-5(9(12,13)14)2-1-3-6(8)11;1-2-11-8(10)7-4-3-5-9-6-7;;;;/h6-12H,4-5H2,1-3H3;2-8H,1H3,(H,22,23)(H,24,25);2-8H,1H3,(H,22,23);3-9H,2,10H2,1H3;1-3H,4H2;3-6H,2H2,1H3;3*1H4;1H/q;;;+1;;;;;;/p-1. The summed E-state index contributed by atoms with van der Waals surface area (Å²) in [5.74, 6) is -8.02. The number of alkyl halides is 7. The molecule has 0 spiro atoms. The van der Waals surface area contributed by atoms with E-state index in [1.807, 2.05) is 13.0 Å². The summed E-state index contributed by atoms with van der Waals surface area (Å²) in [4.78, 5) is 148. The van der Waals surface area contributed by atoms with Crippen molar-refractivity contribution < 1.29 is 140 Å². The molecule has 8 aromatic heterocycles. The predicted molar refractivity (Wildman–Crippen MR) is 490 cm³/mol. The number of pyridine rings is 5. The van der Waals surface area contributed by atoms with Gasteiger partial charge in [-0.25, -0.2) is 33.6 Å². The molecule has 0 aliphatic heterocycles. The van der Waals surface area contributed by atoms with Crippen LogP contribution < -0.4 is 21.5 Å². The molecule has 13 rings (SSSR count). The van der Waals surface area contributed by atoms with Gasteiger partial charge in [0.1, 0.15) is 5.56 Å². The third kappa shape index (κ3) is 27.7. The Labute approximate surface area is 804 Å². The van der Waals surface area contributed by atoms with Crippen molar-refractivity contribution in [3.63, 3.8) is 0 Å². The molecule has 0 fully saturated rings. The molecule has 13 aromatic rings. The molecule has 0 saturated heterocycles. The Morgan fingerprint density at radius 1 is 0.409 bits per heavy atom. The lowest BCUT2D eigenvalue weighted by atomic mass is 10.0. The Kier molecular flexibility index (Phi) is 42.8. The van der Waals surface area contributed by atoms with Gasteiger partial charge in [-0.05, 0) is 196 Å². The molecule has 132 heavy (non-hydrogen) atoms. The average Bonchev–Trinajstić information content (AvgIpc) is 1.60. The molecule has 38 heteroatoms. The molecule has 0 bridgehead atoms. The summed E-state index contributed by atoms with van der Waals surface area (Å²) in [5.41, 5.74) is 3.04. The lowest BCUT2D eigenvalue weighted by Gasteiger charge is -2.12. The molecular formula is C94H83Br3Cl5F6N5O19. The largest absolute Gasteiger partial charge is 1.00 e. The minimum atomic E-state index is -4.70. The van der Waals surface area contributed by atoms with Crippen LogP contribution in [-0.2, 0) is 37.8 Å². The number of hydrogen-bond donors (Lipinski definition) is 3. The number of ether oxygens (including phenoxy) is 4. The first-order valence-corrected chi connectivity index (χ1v) is 41.5. The second kappa shape index (κ2) is 50.4. The Morgan fingerprint density at radius 2 is 0.758 bits per heavy atom. The molecule has 8 heterocycles. The lowest BCUT2D eigenvalue weighted by molar-refractivity contribution is -0.683. The summed E-state index contributed by atoms with van der Waals surface area (Å²) in [6.07, 6.45) is 0.762. The summed E-state index contributed by atoms with van der Waals surface area (Å²) in [5, 5.41) is 27.9. The minimum absolute atomic E-state index is 0. The van der Waals surface area contributed by atoms with Crippen molar-refractivity contribution in [3.05, 3.63) is 354 Å². The molecule has 0 amide bonds. The van der Waals surface area contributed by atoms with Gasteiger partial charge in [0.05, 0.1) is 141 Å². The summed E-state index contributed by atoms with van der Waals surface area (Å²) < 4.78 is 103. The van der Waals surface area contributed by atoms with E-state index in [1.165, 1.54) is 105 Å². The number of esters is 4. The van der Waals surface area contributed by atoms with E-state index in [-0.39, 0.29) is 153 Å². The topological polar surface area (TPSA) is 332 Å². The van der Waals surface area contributed by atoms with Gasteiger partial charge in [0.2, 0.25) is 29.7 Å². The fraction of sp³-hybridized carbons (Fsp3) is 0.191. The van der Waals surface area contributed by atoms with Crippen molar-refractivity contribution in [2.45, 2.75) is 89.6 Å². The molecule has 0 unspecified atom stereocenters. The SMILES string of the molecule is C.C.C.CCOC(=O)c1ccc2c(C(=O)OCC)cc(C(=O)c3c(C)cccc3Cl)n2c1.CCOC(=O)c1ccc[n+](CC(=O)c2c(Cl)cccc2C(F)(F)F)c1.CCOC(=O)c1cccnc1.Cc1cccc(Cl)c1C(=O)c1cc(Br)c2ccc(C(=O)O)cn12.Cc1cccc(Cl)c1C(=O)c1cc(C(=O)O)c2ccc(C(=O)O)cn12.O=C(CBr)c1c(Cl)cccc1C(F)(F)F.[Br-]. The van der Waals surface area contributed by atoms with E-state index in [4.69, 9.17) is 87.2 Å². The van der Waals surface area contributed by atoms with Crippen LogP contribution in [0.15, 0.2) is 218 Å². The first-order chi connectivity index (χ1) is 60.5. The number of Topliss-reactive ketones (excluding diaryl/α,β-unsaturated/α-hetero) is 2. The Bertz CT molecular complexity index is 6420. The van der Waals surface area contributed by atoms with Gasteiger partial charge < -0.3 is 64.5 Å². The second-order valence-corrected chi connectivity index (χ2v) is 30.1. The van der Waals surface area contributed by atoms with Crippen molar-refractivity contribution >= 4 is 177 Å². The van der Waals surface area contributed by atoms with Crippen LogP contribution in [0.1, 0.15) is 219 Å². The highest BCUT2D eigenvalue weighted by molar-refractivity contribution is 9.10. The summed E-state index contributed by atoms with van der Waals surface area (Å²) in [6, 6.07) is 41.5. The molecule has 0 aliphatic carbocycles. The van der Waals surface area contributed by atoms with Crippen LogP contribution >= 0.6 is 89.9 Å². The number of rotatable bonds is 22. The smallest absolute Gasteiger partial charge is 0.417 e. The van der Waals surface area contributed by atoms with Crippen LogP contribution in [0.4, 0.5) is 26.3 Å². The average molecular weight is 2120 g/mol. The lowest BCUT2D eigenvalue weighted by Crippen LogP contribution is -3.00. The third-order valence-electron chi connectivity index (χ3n) is 18.2. The first-order valence-electron chi connectivity index (χ1n) is 37.7. The first kappa shape index (κ1) is 112. The highest BCUT2D eigenvalue weighted by Gasteiger charge is 2.39. The van der Waals surface area contributed by atoms with Crippen LogP contribution in [0.5, 0.6) is 0 Å². The van der Waals surface area contributed by atoms with E-state index in [9.17, 15) is 89.0 Å². The highest BCUT2D eigenvalue weighted by atomic mass is 79.9. The fourth-order valence-electron chi connectivity index (χ4n) is 12.4. The number of ketones is 5. The van der Waals surface area contributed by atoms with Gasteiger partial charge in [0.25, 0.3) is 0 Å². The van der Waals surface area contributed by atoms with E-state index in [1.54, 1.807) is 137 Å². The molecule has 0 atom stereocenters. The number of carbonyl (C=O) groups excluding carboxylic acids is 9. The van der Waals surface area contributed by atoms with Crippen molar-refractivity contribution in [2.75, 3.05) is 31.8 Å². The molecule has 0 saturated carbocycles. The van der Waals surface area contributed by atoms with Gasteiger partial charge in [0, 0.05) is 63.8 Å². The Balaban J connectivity index is 0.000000336. The molecule has 696 valence electrons. The van der Waals surface area contributed by atoms with Crippen LogP contribution in [0.2, 0.25) is 25.1 Å². The van der Waals surface area contributed by atoms with E-state index in [0.717, 1.165) is 29.8 Å². The zero-order valence-electron chi connectivity index (χ0n) is 68.4. The maximum absolute atomic E-state index is 13.3. The Hall–Kier alpha value is -12.2. The molecule has 3 N–H and O–H groups in total. The van der Waals surface area contributed by atoms with Gasteiger partial charge >= 0.3 is 54.1 Å². The number of aromatic nitrogens is 5. The third-order valence-corrected chi connectivity index (χ3v) is 20.9. The van der Waals surface area contributed by atoms with E-state index < -0.39 is 94.3 Å². The quantitative estimate of drug-likeness (QED) is 0.0142. The number of carboxylic acid groups (broad SMARTS) is 3. The molecule has 0 radical (unpaired) electrons. The van der Waals surface area contributed by atoms with Crippen molar-refractivity contribution in [2.24, 2.45) is 0 Å². The zero-order chi connectivity index (χ0) is 94.5. The number of fused-ring (bicyclic) bond motifs is 3. The number of hydrogen-bond acceptors (Lipinski definition) is 17. The predicted octanol–water partition coefficient (Wildman–Crippen LogP) is 20.4. The molecular weight excluding hydrogens is 2030 g/mol. The molecule has 5 aromatic carbocycles. The van der Waals surface area contributed by atoms with E-state index >= 15 is 0 Å². The monoisotopic (exact) mass is 2110 g/mol.